The second-order valence-electron chi connectivity index (χ2n) is 2.46. The highest BCUT2D eigenvalue weighted by Gasteiger charge is 2.34. The predicted octanol–water partition coefficient (Wildman–Crippen LogP) is 1.12. The van der Waals surface area contributed by atoms with Gasteiger partial charge in [0.15, 0.2) is 0 Å². The fraction of sp³-hybridized carbons (Fsp3) is 0.286. The summed E-state index contributed by atoms with van der Waals surface area (Å²) in [6.45, 7) is 0. The summed E-state index contributed by atoms with van der Waals surface area (Å²) in [6, 6.07) is 0.700. The van der Waals surface area contributed by atoms with Gasteiger partial charge in [-0.25, -0.2) is 0 Å². The molecule has 0 aromatic carbocycles. The van der Waals surface area contributed by atoms with Crippen molar-refractivity contribution >= 4 is 5.97 Å². The topological polar surface area (TPSA) is 63.1 Å². The van der Waals surface area contributed by atoms with Crippen LogP contribution in [0.15, 0.2) is 12.3 Å². The van der Waals surface area contributed by atoms with Gasteiger partial charge in [0, 0.05) is 0 Å². The summed E-state index contributed by atoms with van der Waals surface area (Å²) in [5.41, 5.74) is -1.64. The Morgan fingerprint density at radius 2 is 2.14 bits per heavy atom. The first kappa shape index (κ1) is 10.4. The number of rotatable bonds is 2. The normalized spacial score (nSPS) is 11.4. The Hall–Kier alpha value is -1.66. The number of nitrogens with zero attached hydrogens (tertiary/aromatic N) is 2. The van der Waals surface area contributed by atoms with E-state index >= 15 is 0 Å². The first-order chi connectivity index (χ1) is 6.41. The largest absolute Gasteiger partial charge is 0.481 e. The number of alkyl halides is 3. The molecule has 0 saturated heterocycles. The Labute approximate surface area is 76.4 Å². The van der Waals surface area contributed by atoms with Crippen LogP contribution in [0.5, 0.6) is 0 Å². The van der Waals surface area contributed by atoms with Gasteiger partial charge in [0.05, 0.1) is 23.9 Å². The quantitative estimate of drug-likeness (QED) is 0.787. The SMILES string of the molecule is O=C(O)Cc1nnccc1C(F)(F)F. The van der Waals surface area contributed by atoms with E-state index in [9.17, 15) is 18.0 Å². The molecule has 0 aliphatic heterocycles. The van der Waals surface area contributed by atoms with E-state index in [0.29, 0.717) is 6.07 Å². The Balaban J connectivity index is 3.10. The van der Waals surface area contributed by atoms with E-state index in [1.54, 1.807) is 0 Å². The second kappa shape index (κ2) is 3.60. The lowest BCUT2D eigenvalue weighted by atomic mass is 10.1. The molecule has 1 heterocycles. The minimum absolute atomic E-state index is 0.576. The van der Waals surface area contributed by atoms with Crippen LogP contribution in [0.1, 0.15) is 11.3 Å². The smallest absolute Gasteiger partial charge is 0.418 e. The van der Waals surface area contributed by atoms with Gasteiger partial charge in [-0.1, -0.05) is 0 Å². The van der Waals surface area contributed by atoms with Crippen molar-refractivity contribution < 1.29 is 23.1 Å². The lowest BCUT2D eigenvalue weighted by Crippen LogP contribution is -2.14. The van der Waals surface area contributed by atoms with Gasteiger partial charge in [-0.3, -0.25) is 4.79 Å². The molecule has 7 heteroatoms. The van der Waals surface area contributed by atoms with Crippen LogP contribution in [0.3, 0.4) is 0 Å². The summed E-state index contributed by atoms with van der Waals surface area (Å²) < 4.78 is 36.7. The fourth-order valence-corrected chi connectivity index (χ4v) is 0.893. The molecular formula is C7H5F3N2O2. The monoisotopic (exact) mass is 206 g/mol. The summed E-state index contributed by atoms with van der Waals surface area (Å²) in [5.74, 6) is -1.38. The van der Waals surface area contributed by atoms with E-state index in [-0.39, 0.29) is 0 Å². The van der Waals surface area contributed by atoms with Crippen molar-refractivity contribution in [3.63, 3.8) is 0 Å². The lowest BCUT2D eigenvalue weighted by Gasteiger charge is -2.08. The molecule has 1 aromatic rings. The van der Waals surface area contributed by atoms with Gasteiger partial charge in [0.2, 0.25) is 0 Å². The van der Waals surface area contributed by atoms with Crippen molar-refractivity contribution in [3.05, 3.63) is 23.5 Å². The van der Waals surface area contributed by atoms with Crippen molar-refractivity contribution in [1.29, 1.82) is 0 Å². The number of carboxylic acid groups (broad SMARTS) is 1. The first-order valence-corrected chi connectivity index (χ1v) is 3.51. The molecule has 0 aliphatic rings. The number of hydrogen-bond donors (Lipinski definition) is 1. The summed E-state index contributed by atoms with van der Waals surface area (Å²) in [6.07, 6.45) is -4.52. The van der Waals surface area contributed by atoms with Crippen molar-refractivity contribution in [2.45, 2.75) is 12.6 Å². The van der Waals surface area contributed by atoms with Gasteiger partial charge in [-0.2, -0.15) is 23.4 Å². The minimum Gasteiger partial charge on any atom is -0.481 e. The average Bonchev–Trinajstić information content (AvgIpc) is 2.01. The number of carbonyl (C=O) groups is 1. The average molecular weight is 206 g/mol. The van der Waals surface area contributed by atoms with E-state index in [4.69, 9.17) is 5.11 Å². The molecule has 0 aliphatic carbocycles. The maximum Gasteiger partial charge on any atom is 0.418 e. The molecule has 0 spiro atoms. The van der Waals surface area contributed by atoms with E-state index in [1.165, 1.54) is 0 Å². The zero-order chi connectivity index (χ0) is 10.8. The molecule has 1 aromatic heterocycles. The Morgan fingerprint density at radius 1 is 1.50 bits per heavy atom. The molecule has 0 radical (unpaired) electrons. The molecule has 1 rings (SSSR count). The summed E-state index contributed by atoms with van der Waals surface area (Å²) in [5, 5.41) is 14.7. The van der Waals surface area contributed by atoms with E-state index in [0.717, 1.165) is 6.20 Å². The highest BCUT2D eigenvalue weighted by Crippen LogP contribution is 2.30. The Kier molecular flexibility index (Phi) is 2.68. The molecule has 14 heavy (non-hydrogen) atoms. The number of halogens is 3. The van der Waals surface area contributed by atoms with Crippen LogP contribution in [0.2, 0.25) is 0 Å². The molecule has 0 amide bonds. The van der Waals surface area contributed by atoms with Crippen LogP contribution < -0.4 is 0 Å². The first-order valence-electron chi connectivity index (χ1n) is 3.51. The zero-order valence-electron chi connectivity index (χ0n) is 6.75. The van der Waals surface area contributed by atoms with Crippen LogP contribution in [-0.4, -0.2) is 21.3 Å². The minimum atomic E-state index is -4.60. The van der Waals surface area contributed by atoms with Crippen LogP contribution in [0.4, 0.5) is 13.2 Å². The van der Waals surface area contributed by atoms with E-state index in [2.05, 4.69) is 10.2 Å². The molecule has 0 bridgehead atoms. The molecular weight excluding hydrogens is 201 g/mol. The van der Waals surface area contributed by atoms with Gasteiger partial charge >= 0.3 is 12.1 Å². The lowest BCUT2D eigenvalue weighted by molar-refractivity contribution is -0.140. The molecule has 4 nitrogen and oxygen atoms in total. The van der Waals surface area contributed by atoms with Gasteiger partial charge < -0.3 is 5.11 Å². The van der Waals surface area contributed by atoms with Gasteiger partial charge in [-0.15, -0.1) is 0 Å². The van der Waals surface area contributed by atoms with E-state index in [1.807, 2.05) is 0 Å². The van der Waals surface area contributed by atoms with Crippen molar-refractivity contribution in [1.82, 2.24) is 10.2 Å². The summed E-state index contributed by atoms with van der Waals surface area (Å²) >= 11 is 0. The maximum atomic E-state index is 12.2. The third-order valence-corrected chi connectivity index (χ3v) is 1.42. The van der Waals surface area contributed by atoms with Crippen molar-refractivity contribution in [2.75, 3.05) is 0 Å². The maximum absolute atomic E-state index is 12.2. The molecule has 1 N–H and O–H groups in total. The fourth-order valence-electron chi connectivity index (χ4n) is 0.893. The number of aromatic nitrogens is 2. The number of aliphatic carboxylic acids is 1. The molecule has 76 valence electrons. The Bertz CT molecular complexity index is 351. The van der Waals surface area contributed by atoms with Crippen LogP contribution in [0, 0.1) is 0 Å². The van der Waals surface area contributed by atoms with Crippen LogP contribution in [-0.2, 0) is 17.4 Å². The molecule has 0 saturated carbocycles. The molecule has 0 unspecified atom stereocenters. The third kappa shape index (κ3) is 2.41. The highest BCUT2D eigenvalue weighted by molar-refractivity contribution is 5.70. The standard InChI is InChI=1S/C7H5F3N2O2/c8-7(9,10)4-1-2-11-12-5(4)3-6(13)14/h1-2H,3H2,(H,13,14). The van der Waals surface area contributed by atoms with Crippen molar-refractivity contribution in [2.24, 2.45) is 0 Å². The predicted molar refractivity (Wildman–Crippen MR) is 38.4 cm³/mol. The van der Waals surface area contributed by atoms with Crippen molar-refractivity contribution in [3.8, 4) is 0 Å². The van der Waals surface area contributed by atoms with Gasteiger partial charge in [0.25, 0.3) is 0 Å². The van der Waals surface area contributed by atoms with E-state index < -0.39 is 29.8 Å². The van der Waals surface area contributed by atoms with Crippen LogP contribution in [0.25, 0.3) is 0 Å². The molecule has 0 fully saturated rings. The summed E-state index contributed by atoms with van der Waals surface area (Å²) in [4.78, 5) is 10.2. The second-order valence-corrected chi connectivity index (χ2v) is 2.46. The van der Waals surface area contributed by atoms with Gasteiger partial charge in [0.1, 0.15) is 0 Å². The highest BCUT2D eigenvalue weighted by atomic mass is 19.4. The number of carboxylic acids is 1. The number of hydrogen-bond acceptors (Lipinski definition) is 3. The van der Waals surface area contributed by atoms with Crippen LogP contribution >= 0.6 is 0 Å². The third-order valence-electron chi connectivity index (χ3n) is 1.42. The van der Waals surface area contributed by atoms with Gasteiger partial charge in [-0.05, 0) is 6.07 Å². The summed E-state index contributed by atoms with van der Waals surface area (Å²) in [7, 11) is 0. The molecule has 0 atom stereocenters. The zero-order valence-corrected chi connectivity index (χ0v) is 6.75. The Morgan fingerprint density at radius 3 is 2.64 bits per heavy atom.